The van der Waals surface area contributed by atoms with Gasteiger partial charge in [-0.05, 0) is 18.3 Å². The number of fused-ring (bicyclic) bond motifs is 1. The van der Waals surface area contributed by atoms with Crippen molar-refractivity contribution in [1.29, 1.82) is 0 Å². The van der Waals surface area contributed by atoms with Gasteiger partial charge in [-0.3, -0.25) is 0 Å². The second-order valence-corrected chi connectivity index (χ2v) is 6.12. The molecule has 3 rings (SSSR count). The Morgan fingerprint density at radius 3 is 2.90 bits per heavy atom. The van der Waals surface area contributed by atoms with Gasteiger partial charge in [-0.25, -0.2) is 15.8 Å². The van der Waals surface area contributed by atoms with Crippen molar-refractivity contribution in [3.05, 3.63) is 18.6 Å². The standard InChI is InChI=1S/C15H24N6/c1-11-2-4-12(5-3-11)6-7-17-14-15-18-8-9-21(15)10-13(19-14)20-16/h8-12,20H,2-7,16H2,1H3,(H,17,19). The average molecular weight is 288 g/mol. The number of nitrogens with one attached hydrogen (secondary N) is 2. The van der Waals surface area contributed by atoms with Crippen LogP contribution in [0.15, 0.2) is 18.6 Å². The molecule has 0 bridgehead atoms. The molecule has 1 fully saturated rings. The van der Waals surface area contributed by atoms with Gasteiger partial charge in [0.15, 0.2) is 17.3 Å². The lowest BCUT2D eigenvalue weighted by atomic mass is 9.81. The molecule has 2 aromatic heterocycles. The second kappa shape index (κ2) is 6.30. The molecule has 0 aromatic carbocycles. The van der Waals surface area contributed by atoms with Crippen molar-refractivity contribution in [3.63, 3.8) is 0 Å². The molecule has 1 aliphatic rings. The van der Waals surface area contributed by atoms with Crippen LogP contribution in [0.5, 0.6) is 0 Å². The van der Waals surface area contributed by atoms with E-state index in [1.807, 2.05) is 16.8 Å². The van der Waals surface area contributed by atoms with Gasteiger partial charge >= 0.3 is 0 Å². The smallest absolute Gasteiger partial charge is 0.180 e. The predicted octanol–water partition coefficient (Wildman–Crippen LogP) is 2.64. The Kier molecular flexibility index (Phi) is 4.24. The Morgan fingerprint density at radius 1 is 1.33 bits per heavy atom. The SMILES string of the molecule is CC1CCC(CCNc2nc(NN)cn3ccnc23)CC1. The molecule has 0 unspecified atom stereocenters. The lowest BCUT2D eigenvalue weighted by Gasteiger charge is -2.26. The van der Waals surface area contributed by atoms with E-state index in [2.05, 4.69) is 27.6 Å². The van der Waals surface area contributed by atoms with Crippen molar-refractivity contribution in [1.82, 2.24) is 14.4 Å². The van der Waals surface area contributed by atoms with Crippen LogP contribution in [0, 0.1) is 11.8 Å². The van der Waals surface area contributed by atoms with E-state index in [0.29, 0.717) is 5.82 Å². The number of anilines is 2. The largest absolute Gasteiger partial charge is 0.367 e. The van der Waals surface area contributed by atoms with Crippen LogP contribution in [0.2, 0.25) is 0 Å². The first kappa shape index (κ1) is 14.1. The Balaban J connectivity index is 1.61. The molecule has 6 nitrogen and oxygen atoms in total. The van der Waals surface area contributed by atoms with Crippen LogP contribution in [-0.4, -0.2) is 20.9 Å². The van der Waals surface area contributed by atoms with Crippen LogP contribution in [0.1, 0.15) is 39.0 Å². The number of hydrogen-bond donors (Lipinski definition) is 3. The first-order valence-electron chi connectivity index (χ1n) is 7.80. The van der Waals surface area contributed by atoms with Crippen LogP contribution < -0.4 is 16.6 Å². The van der Waals surface area contributed by atoms with Crippen LogP contribution in [0.4, 0.5) is 11.6 Å². The number of aromatic nitrogens is 3. The molecule has 0 atom stereocenters. The monoisotopic (exact) mass is 288 g/mol. The number of rotatable bonds is 5. The van der Waals surface area contributed by atoms with E-state index >= 15 is 0 Å². The van der Waals surface area contributed by atoms with Gasteiger partial charge in [-0.2, -0.15) is 0 Å². The fraction of sp³-hybridized carbons (Fsp3) is 0.600. The lowest BCUT2D eigenvalue weighted by Crippen LogP contribution is -2.17. The Bertz CT molecular complexity index is 585. The second-order valence-electron chi connectivity index (χ2n) is 6.12. The summed E-state index contributed by atoms with van der Waals surface area (Å²) in [6.07, 6.45) is 12.2. The minimum Gasteiger partial charge on any atom is -0.367 e. The molecule has 1 saturated carbocycles. The first-order valence-corrected chi connectivity index (χ1v) is 7.80. The van der Waals surface area contributed by atoms with E-state index in [-0.39, 0.29) is 0 Å². The minimum absolute atomic E-state index is 0.634. The summed E-state index contributed by atoms with van der Waals surface area (Å²) < 4.78 is 1.92. The summed E-state index contributed by atoms with van der Waals surface area (Å²) >= 11 is 0. The van der Waals surface area contributed by atoms with Gasteiger partial charge in [0.2, 0.25) is 0 Å². The highest BCUT2D eigenvalue weighted by Crippen LogP contribution is 2.30. The van der Waals surface area contributed by atoms with Crippen molar-refractivity contribution in [3.8, 4) is 0 Å². The molecule has 0 amide bonds. The summed E-state index contributed by atoms with van der Waals surface area (Å²) in [5, 5.41) is 3.42. The molecule has 2 heterocycles. The Labute approximate surface area is 125 Å². The number of hydrazine groups is 1. The molecular weight excluding hydrogens is 264 g/mol. The fourth-order valence-corrected chi connectivity index (χ4v) is 3.13. The molecule has 0 saturated heterocycles. The predicted molar refractivity (Wildman–Crippen MR) is 85.0 cm³/mol. The third kappa shape index (κ3) is 3.26. The summed E-state index contributed by atoms with van der Waals surface area (Å²) in [6.45, 7) is 3.29. The third-order valence-electron chi connectivity index (χ3n) is 4.50. The van der Waals surface area contributed by atoms with E-state index in [9.17, 15) is 0 Å². The Morgan fingerprint density at radius 2 is 2.14 bits per heavy atom. The average Bonchev–Trinajstić information content (AvgIpc) is 2.97. The molecule has 6 heteroatoms. The maximum atomic E-state index is 5.46. The van der Waals surface area contributed by atoms with Gasteiger partial charge in [0.05, 0.1) is 6.20 Å². The zero-order valence-electron chi connectivity index (χ0n) is 12.5. The summed E-state index contributed by atoms with van der Waals surface area (Å²) in [6, 6.07) is 0. The van der Waals surface area contributed by atoms with Gasteiger partial charge in [0, 0.05) is 18.9 Å². The topological polar surface area (TPSA) is 80.3 Å². The molecule has 1 aliphatic carbocycles. The highest BCUT2D eigenvalue weighted by molar-refractivity contribution is 5.65. The van der Waals surface area contributed by atoms with Gasteiger partial charge in [0.1, 0.15) is 0 Å². The first-order chi connectivity index (χ1) is 10.3. The van der Waals surface area contributed by atoms with Gasteiger partial charge < -0.3 is 15.1 Å². The maximum Gasteiger partial charge on any atom is 0.180 e. The summed E-state index contributed by atoms with van der Waals surface area (Å²) in [4.78, 5) is 8.79. The number of imidazole rings is 1. The summed E-state index contributed by atoms with van der Waals surface area (Å²) in [5.74, 6) is 8.65. The highest BCUT2D eigenvalue weighted by Gasteiger charge is 2.18. The van der Waals surface area contributed by atoms with Crippen LogP contribution in [0.25, 0.3) is 5.65 Å². The molecule has 0 radical (unpaired) electrons. The minimum atomic E-state index is 0.634. The van der Waals surface area contributed by atoms with Crippen LogP contribution in [-0.2, 0) is 0 Å². The van der Waals surface area contributed by atoms with Crippen LogP contribution >= 0.6 is 0 Å². The molecule has 2 aromatic rings. The summed E-state index contributed by atoms with van der Waals surface area (Å²) in [7, 11) is 0. The summed E-state index contributed by atoms with van der Waals surface area (Å²) in [5.41, 5.74) is 3.43. The molecule has 114 valence electrons. The van der Waals surface area contributed by atoms with Crippen LogP contribution in [0.3, 0.4) is 0 Å². The number of hydrogen-bond acceptors (Lipinski definition) is 5. The van der Waals surface area contributed by atoms with E-state index in [4.69, 9.17) is 5.84 Å². The number of nitrogen functional groups attached to an aromatic ring is 1. The highest BCUT2D eigenvalue weighted by atomic mass is 15.3. The van der Waals surface area contributed by atoms with Crippen molar-refractivity contribution < 1.29 is 0 Å². The van der Waals surface area contributed by atoms with Crippen molar-refractivity contribution in [2.24, 2.45) is 17.7 Å². The third-order valence-corrected chi connectivity index (χ3v) is 4.50. The van der Waals surface area contributed by atoms with Crippen molar-refractivity contribution in [2.75, 3.05) is 17.3 Å². The van der Waals surface area contributed by atoms with E-state index < -0.39 is 0 Å². The molecule has 21 heavy (non-hydrogen) atoms. The zero-order valence-corrected chi connectivity index (χ0v) is 12.5. The normalized spacial score (nSPS) is 22.4. The molecule has 0 spiro atoms. The van der Waals surface area contributed by atoms with Gasteiger partial charge in [-0.1, -0.05) is 32.6 Å². The number of nitrogens with zero attached hydrogens (tertiary/aromatic N) is 3. The maximum absolute atomic E-state index is 5.46. The quantitative estimate of drug-likeness (QED) is 0.582. The number of nitrogens with two attached hydrogens (primary N) is 1. The Hall–Kier alpha value is -1.82. The fourth-order valence-electron chi connectivity index (χ4n) is 3.13. The van der Waals surface area contributed by atoms with E-state index in [0.717, 1.165) is 29.8 Å². The zero-order chi connectivity index (χ0) is 14.7. The van der Waals surface area contributed by atoms with Gasteiger partial charge in [0.25, 0.3) is 0 Å². The molecule has 0 aliphatic heterocycles. The van der Waals surface area contributed by atoms with Crippen molar-refractivity contribution in [2.45, 2.75) is 39.0 Å². The van der Waals surface area contributed by atoms with Crippen molar-refractivity contribution >= 4 is 17.3 Å². The van der Waals surface area contributed by atoms with E-state index in [1.165, 1.54) is 32.1 Å². The molecule has 4 N–H and O–H groups in total. The lowest BCUT2D eigenvalue weighted by molar-refractivity contribution is 0.282. The van der Waals surface area contributed by atoms with Gasteiger partial charge in [-0.15, -0.1) is 0 Å². The molecular formula is C15H24N6. The van der Waals surface area contributed by atoms with E-state index in [1.54, 1.807) is 6.20 Å².